The molecule has 0 fully saturated rings. The topological polar surface area (TPSA) is 30.5 Å². The van der Waals surface area contributed by atoms with E-state index in [2.05, 4.69) is 60.7 Å². The van der Waals surface area contributed by atoms with E-state index < -0.39 is 0 Å². The summed E-state index contributed by atoms with van der Waals surface area (Å²) in [6.07, 6.45) is 0. The maximum Gasteiger partial charge on any atom is 0.149 e. The fourth-order valence-corrected chi connectivity index (χ4v) is 2.98. The van der Waals surface area contributed by atoms with E-state index >= 15 is 0 Å². The van der Waals surface area contributed by atoms with Crippen molar-refractivity contribution in [3.63, 3.8) is 0 Å². The molecule has 0 saturated heterocycles. The van der Waals surface area contributed by atoms with Gasteiger partial charge in [-0.15, -0.1) is 0 Å². The number of hydrogen-bond acceptors (Lipinski definition) is 1. The molecule has 0 atom stereocenters. The van der Waals surface area contributed by atoms with Crippen molar-refractivity contribution in [2.45, 2.75) is 0 Å². The fourth-order valence-electron chi connectivity index (χ4n) is 2.98. The molecule has 20 heavy (non-hydrogen) atoms. The van der Waals surface area contributed by atoms with Crippen molar-refractivity contribution in [2.75, 3.05) is 5.73 Å². The van der Waals surface area contributed by atoms with Crippen molar-refractivity contribution >= 4 is 22.7 Å². The lowest BCUT2D eigenvalue weighted by molar-refractivity contribution is -0.677. The van der Waals surface area contributed by atoms with Gasteiger partial charge in [-0.05, 0) is 24.3 Å². The monoisotopic (exact) mass is 259 g/mol. The highest BCUT2D eigenvalue weighted by molar-refractivity contribution is 5.86. The van der Waals surface area contributed by atoms with Gasteiger partial charge in [-0.3, -0.25) is 0 Å². The molecular formula is C18H15N2+. The number of quaternary nitrogens is 1. The highest BCUT2D eigenvalue weighted by Gasteiger charge is 2.32. The Morgan fingerprint density at radius 2 is 1.10 bits per heavy atom. The third kappa shape index (κ3) is 1.55. The number of benzene rings is 3. The Balaban J connectivity index is 1.97. The van der Waals surface area contributed by atoms with Gasteiger partial charge in [-0.1, -0.05) is 24.3 Å². The normalized spacial score (nSPS) is 13.0. The van der Waals surface area contributed by atoms with Crippen LogP contribution in [0, 0.1) is 0 Å². The number of hydrogen-bond donors (Lipinski definition) is 2. The van der Waals surface area contributed by atoms with Gasteiger partial charge >= 0.3 is 0 Å². The molecule has 1 aliphatic rings. The minimum atomic E-state index is 0.800. The number of nitrogen functional groups attached to an aromatic ring is 1. The highest BCUT2D eigenvalue weighted by atomic mass is 15.2. The second-order valence-corrected chi connectivity index (χ2v) is 5.09. The fraction of sp³-hybridized carbons (Fsp3) is 0. The first-order valence-corrected chi connectivity index (χ1v) is 6.76. The molecule has 0 saturated carbocycles. The zero-order chi connectivity index (χ0) is 13.5. The van der Waals surface area contributed by atoms with Crippen LogP contribution in [-0.2, 0) is 0 Å². The van der Waals surface area contributed by atoms with Crippen LogP contribution in [0.3, 0.4) is 0 Å². The van der Waals surface area contributed by atoms with Crippen molar-refractivity contribution in [1.29, 1.82) is 0 Å². The number of fused-ring (bicyclic) bond motifs is 3. The van der Waals surface area contributed by atoms with Crippen LogP contribution in [-0.4, -0.2) is 0 Å². The molecule has 0 aliphatic carbocycles. The van der Waals surface area contributed by atoms with E-state index in [-0.39, 0.29) is 0 Å². The summed E-state index contributed by atoms with van der Waals surface area (Å²) in [5.41, 5.74) is 13.1. The summed E-state index contributed by atoms with van der Waals surface area (Å²) in [6.45, 7) is 0. The van der Waals surface area contributed by atoms with Crippen molar-refractivity contribution < 1.29 is 4.90 Å². The van der Waals surface area contributed by atoms with Crippen LogP contribution in [0.5, 0.6) is 0 Å². The van der Waals surface area contributed by atoms with Crippen molar-refractivity contribution in [1.82, 2.24) is 0 Å². The van der Waals surface area contributed by atoms with Crippen molar-refractivity contribution in [2.24, 2.45) is 0 Å². The van der Waals surface area contributed by atoms with E-state index in [1.165, 1.54) is 33.1 Å². The highest BCUT2D eigenvalue weighted by Crippen LogP contribution is 2.38. The molecular weight excluding hydrogens is 244 g/mol. The van der Waals surface area contributed by atoms with Crippen LogP contribution in [0.25, 0.3) is 11.1 Å². The Bertz CT molecular complexity index is 730. The third-order valence-electron chi connectivity index (χ3n) is 3.88. The molecule has 3 aromatic carbocycles. The molecule has 2 heteroatoms. The summed E-state index contributed by atoms with van der Waals surface area (Å²) in [7, 11) is 0. The van der Waals surface area contributed by atoms with Gasteiger partial charge in [0.25, 0.3) is 0 Å². The molecule has 96 valence electrons. The van der Waals surface area contributed by atoms with Gasteiger partial charge in [0.15, 0.2) is 0 Å². The van der Waals surface area contributed by atoms with Gasteiger partial charge in [0.05, 0.1) is 0 Å². The van der Waals surface area contributed by atoms with E-state index in [0.717, 1.165) is 5.69 Å². The molecule has 0 aromatic heterocycles. The molecule has 1 heterocycles. The molecule has 0 amide bonds. The molecule has 2 nitrogen and oxygen atoms in total. The SMILES string of the molecule is Nc1ccc([NH+]2c3ccccc3-c3ccccc32)cc1. The average molecular weight is 259 g/mol. The predicted octanol–water partition coefficient (Wildman–Crippen LogP) is 3.43. The van der Waals surface area contributed by atoms with Gasteiger partial charge in [-0.2, -0.15) is 0 Å². The molecule has 0 bridgehead atoms. The molecule has 1 aliphatic heterocycles. The van der Waals surface area contributed by atoms with E-state index in [1.54, 1.807) is 0 Å². The Hall–Kier alpha value is -2.58. The summed E-state index contributed by atoms with van der Waals surface area (Å²) in [6, 6.07) is 25.3. The zero-order valence-electron chi connectivity index (χ0n) is 11.0. The quantitative estimate of drug-likeness (QED) is 0.504. The second-order valence-electron chi connectivity index (χ2n) is 5.09. The van der Waals surface area contributed by atoms with Gasteiger partial charge in [0.2, 0.25) is 0 Å². The largest absolute Gasteiger partial charge is 0.399 e. The maximum atomic E-state index is 5.81. The van der Waals surface area contributed by atoms with Crippen molar-refractivity contribution in [3.05, 3.63) is 72.8 Å². The molecule has 0 radical (unpaired) electrons. The molecule has 0 spiro atoms. The number of rotatable bonds is 1. The van der Waals surface area contributed by atoms with Gasteiger partial charge in [-0.25, -0.2) is 4.90 Å². The number of nitrogens with two attached hydrogens (primary N) is 1. The van der Waals surface area contributed by atoms with E-state index in [0.29, 0.717) is 0 Å². The Labute approximate surface area is 118 Å². The van der Waals surface area contributed by atoms with Crippen LogP contribution in [0.2, 0.25) is 0 Å². The minimum Gasteiger partial charge on any atom is -0.399 e. The number of para-hydroxylation sites is 2. The van der Waals surface area contributed by atoms with Crippen LogP contribution >= 0.6 is 0 Å². The lowest BCUT2D eigenvalue weighted by Crippen LogP contribution is -2.95. The zero-order valence-corrected chi connectivity index (χ0v) is 11.0. The van der Waals surface area contributed by atoms with E-state index in [1.807, 2.05) is 12.1 Å². The van der Waals surface area contributed by atoms with E-state index in [9.17, 15) is 0 Å². The molecule has 3 aromatic rings. The third-order valence-corrected chi connectivity index (χ3v) is 3.88. The lowest BCUT2D eigenvalue weighted by Gasteiger charge is -2.14. The Kier molecular flexibility index (Phi) is 2.38. The molecule has 4 rings (SSSR count). The maximum absolute atomic E-state index is 5.81. The van der Waals surface area contributed by atoms with Gasteiger partial charge in [0, 0.05) is 41.1 Å². The van der Waals surface area contributed by atoms with Crippen LogP contribution < -0.4 is 10.6 Å². The summed E-state index contributed by atoms with van der Waals surface area (Å²) in [5, 5.41) is 0. The molecule has 0 unspecified atom stereocenters. The number of nitrogens with one attached hydrogen (secondary N) is 1. The lowest BCUT2D eigenvalue weighted by atomic mass is 10.1. The first-order valence-electron chi connectivity index (χ1n) is 6.76. The predicted molar refractivity (Wildman–Crippen MR) is 82.7 cm³/mol. The van der Waals surface area contributed by atoms with Crippen molar-refractivity contribution in [3.8, 4) is 11.1 Å². The first-order chi connectivity index (χ1) is 9.84. The minimum absolute atomic E-state index is 0.800. The van der Waals surface area contributed by atoms with Crippen LogP contribution in [0.15, 0.2) is 72.8 Å². The van der Waals surface area contributed by atoms with Crippen LogP contribution in [0.4, 0.5) is 22.7 Å². The first kappa shape index (κ1) is 11.3. The Morgan fingerprint density at radius 3 is 1.65 bits per heavy atom. The summed E-state index contributed by atoms with van der Waals surface area (Å²) in [4.78, 5) is 1.30. The smallest absolute Gasteiger partial charge is 0.149 e. The van der Waals surface area contributed by atoms with E-state index in [4.69, 9.17) is 5.73 Å². The summed E-state index contributed by atoms with van der Waals surface area (Å²) in [5.74, 6) is 0. The number of anilines is 1. The van der Waals surface area contributed by atoms with Crippen LogP contribution in [0.1, 0.15) is 0 Å². The Morgan fingerprint density at radius 1 is 0.600 bits per heavy atom. The second kappa shape index (κ2) is 4.22. The standard InChI is InChI=1S/C18H14N2/c19-13-9-11-14(12-10-13)20-17-7-3-1-5-15(17)16-6-2-4-8-18(16)20/h1-12H,19H2/p+1. The summed E-state index contributed by atoms with van der Waals surface area (Å²) < 4.78 is 0. The van der Waals surface area contributed by atoms with Gasteiger partial charge < -0.3 is 5.73 Å². The average Bonchev–Trinajstić information content (AvgIpc) is 2.83. The summed E-state index contributed by atoms with van der Waals surface area (Å²) >= 11 is 0. The molecule has 3 N–H and O–H groups in total. The van der Waals surface area contributed by atoms with Gasteiger partial charge in [0.1, 0.15) is 17.1 Å².